The van der Waals surface area contributed by atoms with Gasteiger partial charge in [0.25, 0.3) is 0 Å². The Labute approximate surface area is 327 Å². The largest absolute Gasteiger partial charge is 0.426 e. The summed E-state index contributed by atoms with van der Waals surface area (Å²) in [5, 5.41) is 2.22. The van der Waals surface area contributed by atoms with Gasteiger partial charge in [-0.05, 0) is 89.4 Å². The highest BCUT2D eigenvalue weighted by Gasteiger charge is 2.55. The average molecular weight is 727 g/mol. The van der Waals surface area contributed by atoms with Gasteiger partial charge < -0.3 is 4.74 Å². The number of hydrogen-bond donors (Lipinski definition) is 0. The summed E-state index contributed by atoms with van der Waals surface area (Å²) in [4.78, 5) is 25.1. The van der Waals surface area contributed by atoms with Gasteiger partial charge in [0.15, 0.2) is 0 Å². The summed E-state index contributed by atoms with van der Waals surface area (Å²) in [6.07, 6.45) is 2.11. The number of para-hydroxylation sites is 3. The van der Waals surface area contributed by atoms with E-state index in [2.05, 4.69) is 146 Å². The first-order chi connectivity index (χ1) is 27.4. The van der Waals surface area contributed by atoms with Crippen LogP contribution in [0.25, 0.3) is 44.3 Å². The molecule has 0 saturated carbocycles. The molecular weight excluding hydrogens is 685 g/mol. The number of rotatable bonds is 9. The Morgan fingerprint density at radius 3 is 1.57 bits per heavy atom. The van der Waals surface area contributed by atoms with Crippen molar-refractivity contribution < 1.29 is 9.53 Å². The van der Waals surface area contributed by atoms with E-state index >= 15 is 0 Å². The number of benzene rings is 6. The molecule has 8 aromatic rings. The molecule has 4 atom stereocenters. The lowest BCUT2D eigenvalue weighted by molar-refractivity contribution is -0.139. The summed E-state index contributed by atoms with van der Waals surface area (Å²) < 4.78 is 6.09. The Morgan fingerprint density at radius 2 is 1.00 bits per heavy atom. The lowest BCUT2D eigenvalue weighted by Gasteiger charge is -2.44. The molecule has 0 N–H and O–H groups in total. The second kappa shape index (κ2) is 13.4. The van der Waals surface area contributed by atoms with Gasteiger partial charge in [0.2, 0.25) is 0 Å². The molecule has 0 fully saturated rings. The molecule has 0 bridgehead atoms. The molecule has 272 valence electrons. The van der Waals surface area contributed by atoms with Crippen molar-refractivity contribution in [2.24, 2.45) is 5.92 Å². The lowest BCUT2D eigenvalue weighted by atomic mass is 9.58. The smallest absolute Gasteiger partial charge is 0.314 e. The first kappa shape index (κ1) is 34.1. The molecule has 0 amide bonds. The molecular formula is C52H42N2O2. The molecule has 2 aliphatic carbocycles. The Balaban J connectivity index is 1.24. The van der Waals surface area contributed by atoms with E-state index in [9.17, 15) is 4.79 Å². The van der Waals surface area contributed by atoms with Crippen LogP contribution >= 0.6 is 0 Å². The van der Waals surface area contributed by atoms with Crippen molar-refractivity contribution in [3.63, 3.8) is 0 Å². The second-order valence-electron chi connectivity index (χ2n) is 15.9. The number of carbonyl (C=O) groups excluding carboxylic acids is 1. The van der Waals surface area contributed by atoms with E-state index in [1.165, 1.54) is 33.4 Å². The normalized spacial score (nSPS) is 18.8. The Morgan fingerprint density at radius 1 is 0.536 bits per heavy atom. The molecule has 2 aromatic heterocycles. The van der Waals surface area contributed by atoms with Gasteiger partial charge in [-0.3, -0.25) is 4.79 Å². The molecule has 0 radical (unpaired) electrons. The van der Waals surface area contributed by atoms with Crippen molar-refractivity contribution in [2.45, 2.75) is 49.9 Å². The van der Waals surface area contributed by atoms with Crippen molar-refractivity contribution in [2.75, 3.05) is 0 Å². The minimum absolute atomic E-state index is 0.213. The fourth-order valence-corrected chi connectivity index (χ4v) is 10.1. The Hall–Kier alpha value is -6.39. The SMILES string of the molecule is CC(CC1(CC2(CC(C)c3ccccc3)c3ccccc3-c3nc4ccccc4cc32)c2ccccc2-c2nc3ccccc3cc21)C(=O)Oc1ccccc1. The molecule has 0 saturated heterocycles. The lowest BCUT2D eigenvalue weighted by Crippen LogP contribution is -2.41. The number of nitrogens with zero attached hydrogens (tertiary/aromatic N) is 2. The molecule has 4 nitrogen and oxygen atoms in total. The van der Waals surface area contributed by atoms with E-state index in [1.54, 1.807) is 0 Å². The molecule has 2 aliphatic rings. The van der Waals surface area contributed by atoms with E-state index in [0.29, 0.717) is 18.6 Å². The summed E-state index contributed by atoms with van der Waals surface area (Å²) in [5.41, 5.74) is 11.4. The van der Waals surface area contributed by atoms with Crippen molar-refractivity contribution in [3.8, 4) is 28.3 Å². The second-order valence-corrected chi connectivity index (χ2v) is 15.9. The zero-order valence-electron chi connectivity index (χ0n) is 31.7. The van der Waals surface area contributed by atoms with E-state index < -0.39 is 16.7 Å². The number of aromatic nitrogens is 2. The predicted octanol–water partition coefficient (Wildman–Crippen LogP) is 12.2. The molecule has 0 spiro atoms. The standard InChI is InChI=1S/C52H42N2O2/c1-34(36-17-5-3-6-18-36)31-51(42-25-13-11-23-40(42)48-44(51)29-37-19-9-15-27-46(37)53-48)33-52(32-35(2)50(55)56-39-21-7-4-8-22-39)43-26-14-12-24-41(43)49-45(52)30-38-20-10-16-28-47(38)54-49/h3-30,34-35H,31-33H2,1-2H3. The number of esters is 1. The first-order valence-corrected chi connectivity index (χ1v) is 19.8. The van der Waals surface area contributed by atoms with Crippen molar-refractivity contribution in [1.29, 1.82) is 0 Å². The highest BCUT2D eigenvalue weighted by atomic mass is 16.5. The average Bonchev–Trinajstić information content (AvgIpc) is 3.64. The minimum atomic E-state index is -0.616. The third kappa shape index (κ3) is 5.46. The summed E-state index contributed by atoms with van der Waals surface area (Å²) in [6.45, 7) is 4.40. The zero-order chi connectivity index (χ0) is 37.9. The number of fused-ring (bicyclic) bond motifs is 8. The van der Waals surface area contributed by atoms with E-state index in [1.807, 2.05) is 37.3 Å². The van der Waals surface area contributed by atoms with Crippen molar-refractivity contribution in [1.82, 2.24) is 9.97 Å². The van der Waals surface area contributed by atoms with Gasteiger partial charge >= 0.3 is 5.97 Å². The van der Waals surface area contributed by atoms with Gasteiger partial charge in [-0.15, -0.1) is 0 Å². The maximum absolute atomic E-state index is 14.3. The highest BCUT2D eigenvalue weighted by Crippen LogP contribution is 2.63. The number of carbonyl (C=O) groups is 1. The Bertz CT molecular complexity index is 2780. The fourth-order valence-electron chi connectivity index (χ4n) is 10.1. The first-order valence-electron chi connectivity index (χ1n) is 19.8. The van der Waals surface area contributed by atoms with Crippen LogP contribution in [0.5, 0.6) is 5.75 Å². The van der Waals surface area contributed by atoms with Crippen LogP contribution in [-0.2, 0) is 15.6 Å². The van der Waals surface area contributed by atoms with Crippen LogP contribution in [0, 0.1) is 5.92 Å². The molecule has 6 aromatic carbocycles. The third-order valence-electron chi connectivity index (χ3n) is 12.5. The van der Waals surface area contributed by atoms with Crippen molar-refractivity contribution in [3.05, 3.63) is 198 Å². The zero-order valence-corrected chi connectivity index (χ0v) is 31.7. The fraction of sp³-hybridized carbons (Fsp3) is 0.173. The van der Waals surface area contributed by atoms with E-state index in [0.717, 1.165) is 45.2 Å². The third-order valence-corrected chi connectivity index (χ3v) is 12.5. The monoisotopic (exact) mass is 726 g/mol. The van der Waals surface area contributed by atoms with Crippen LogP contribution < -0.4 is 4.74 Å². The minimum Gasteiger partial charge on any atom is -0.426 e. The van der Waals surface area contributed by atoms with Crippen LogP contribution in [0.1, 0.15) is 66.8 Å². The summed E-state index contributed by atoms with van der Waals surface area (Å²) in [6, 6.07) is 59.7. The predicted molar refractivity (Wildman–Crippen MR) is 226 cm³/mol. The summed E-state index contributed by atoms with van der Waals surface area (Å²) in [7, 11) is 0. The van der Waals surface area contributed by atoms with Crippen LogP contribution in [0.15, 0.2) is 170 Å². The van der Waals surface area contributed by atoms with Crippen LogP contribution in [0.2, 0.25) is 0 Å². The Kier molecular flexibility index (Phi) is 8.18. The highest BCUT2D eigenvalue weighted by molar-refractivity contribution is 5.91. The number of pyridine rings is 2. The number of hydrogen-bond acceptors (Lipinski definition) is 4. The van der Waals surface area contributed by atoms with Gasteiger partial charge in [-0.1, -0.05) is 147 Å². The molecule has 4 unspecified atom stereocenters. The van der Waals surface area contributed by atoms with Crippen LogP contribution in [0.3, 0.4) is 0 Å². The van der Waals surface area contributed by atoms with Gasteiger partial charge in [0.1, 0.15) is 5.75 Å². The van der Waals surface area contributed by atoms with Gasteiger partial charge in [0.05, 0.1) is 28.3 Å². The topological polar surface area (TPSA) is 52.1 Å². The van der Waals surface area contributed by atoms with Gasteiger partial charge in [0, 0.05) is 32.7 Å². The molecule has 56 heavy (non-hydrogen) atoms. The summed E-state index contributed by atoms with van der Waals surface area (Å²) >= 11 is 0. The summed E-state index contributed by atoms with van der Waals surface area (Å²) in [5.74, 6) is 0.102. The van der Waals surface area contributed by atoms with Crippen LogP contribution in [0.4, 0.5) is 0 Å². The van der Waals surface area contributed by atoms with Crippen molar-refractivity contribution >= 4 is 27.8 Å². The number of ether oxygens (including phenoxy) is 1. The van der Waals surface area contributed by atoms with E-state index in [-0.39, 0.29) is 11.9 Å². The molecule has 0 aliphatic heterocycles. The molecule has 10 rings (SSSR count). The quantitative estimate of drug-likeness (QED) is 0.110. The van der Waals surface area contributed by atoms with Gasteiger partial charge in [-0.2, -0.15) is 0 Å². The maximum atomic E-state index is 14.3. The molecule has 4 heteroatoms. The van der Waals surface area contributed by atoms with Crippen LogP contribution in [-0.4, -0.2) is 15.9 Å². The molecule has 2 heterocycles. The maximum Gasteiger partial charge on any atom is 0.314 e. The van der Waals surface area contributed by atoms with E-state index in [4.69, 9.17) is 14.7 Å². The van der Waals surface area contributed by atoms with Gasteiger partial charge in [-0.25, -0.2) is 9.97 Å².